The van der Waals surface area contributed by atoms with Gasteiger partial charge in [0.1, 0.15) is 5.75 Å². The molecule has 9 heteroatoms. The topological polar surface area (TPSA) is 77.8 Å². The summed E-state index contributed by atoms with van der Waals surface area (Å²) in [6.45, 7) is 0. The lowest BCUT2D eigenvalue weighted by Gasteiger charge is -2.27. The number of ketones is 1. The van der Waals surface area contributed by atoms with Crippen LogP contribution in [0.3, 0.4) is 0 Å². The molecule has 2 heterocycles. The van der Waals surface area contributed by atoms with Crippen molar-refractivity contribution in [2.45, 2.75) is 12.2 Å². The SMILES string of the molecule is O=C(C1=C(O)C(=O)N(c2cccc(C(F)(F)F)c2)C1c1cccc(O)c1)c1cccs1. The molecule has 0 saturated heterocycles. The van der Waals surface area contributed by atoms with Gasteiger partial charge in [0.25, 0.3) is 5.91 Å². The van der Waals surface area contributed by atoms with Crippen molar-refractivity contribution in [1.82, 2.24) is 0 Å². The van der Waals surface area contributed by atoms with Gasteiger partial charge < -0.3 is 10.2 Å². The predicted octanol–water partition coefficient (Wildman–Crippen LogP) is 5.26. The monoisotopic (exact) mass is 445 g/mol. The summed E-state index contributed by atoms with van der Waals surface area (Å²) in [5.74, 6) is -2.64. The molecule has 0 bridgehead atoms. The fraction of sp³-hybridized carbons (Fsp3) is 0.0909. The molecular weight excluding hydrogens is 431 g/mol. The van der Waals surface area contributed by atoms with E-state index >= 15 is 0 Å². The highest BCUT2D eigenvalue weighted by Crippen LogP contribution is 2.44. The number of carbonyl (C=O) groups is 2. The standard InChI is InChI=1S/C22H14F3NO4S/c23-22(24,25)13-5-2-6-14(11-13)26-18(12-4-1-7-15(27)10-12)17(20(29)21(26)30)19(28)16-8-3-9-31-16/h1-11,18,27,29H. The molecular formula is C22H14F3NO4S. The first-order valence-corrected chi connectivity index (χ1v) is 9.87. The molecule has 1 aromatic heterocycles. The molecule has 0 aliphatic carbocycles. The van der Waals surface area contributed by atoms with Crippen LogP contribution in [-0.4, -0.2) is 21.9 Å². The number of nitrogens with zero attached hydrogens (tertiary/aromatic N) is 1. The van der Waals surface area contributed by atoms with Crippen LogP contribution in [-0.2, 0) is 11.0 Å². The summed E-state index contributed by atoms with van der Waals surface area (Å²) in [7, 11) is 0. The molecule has 1 aliphatic rings. The van der Waals surface area contributed by atoms with Crippen molar-refractivity contribution in [3.8, 4) is 5.75 Å². The summed E-state index contributed by atoms with van der Waals surface area (Å²) in [6.07, 6.45) is -4.65. The third kappa shape index (κ3) is 3.68. The van der Waals surface area contributed by atoms with Gasteiger partial charge in [0, 0.05) is 5.69 Å². The van der Waals surface area contributed by atoms with Gasteiger partial charge in [-0.15, -0.1) is 11.3 Å². The molecule has 158 valence electrons. The minimum Gasteiger partial charge on any atom is -0.508 e. The zero-order valence-corrected chi connectivity index (χ0v) is 16.4. The maximum Gasteiger partial charge on any atom is 0.416 e. The van der Waals surface area contributed by atoms with Crippen LogP contribution in [0.15, 0.2) is 77.4 Å². The average molecular weight is 445 g/mol. The third-order valence-corrected chi connectivity index (χ3v) is 5.70. The Morgan fingerprint density at radius 3 is 2.39 bits per heavy atom. The number of aliphatic hydroxyl groups excluding tert-OH is 1. The van der Waals surface area contributed by atoms with E-state index in [1.54, 1.807) is 11.4 Å². The fourth-order valence-electron chi connectivity index (χ4n) is 3.49. The zero-order chi connectivity index (χ0) is 22.3. The van der Waals surface area contributed by atoms with Crippen molar-refractivity contribution in [3.63, 3.8) is 0 Å². The molecule has 1 unspecified atom stereocenters. The highest BCUT2D eigenvalue weighted by molar-refractivity contribution is 7.12. The smallest absolute Gasteiger partial charge is 0.416 e. The molecule has 0 spiro atoms. The van der Waals surface area contributed by atoms with Gasteiger partial charge in [-0.05, 0) is 47.3 Å². The number of thiophene rings is 1. The summed E-state index contributed by atoms with van der Waals surface area (Å²) in [6, 6.07) is 11.6. The molecule has 0 radical (unpaired) electrons. The number of aromatic hydroxyl groups is 1. The van der Waals surface area contributed by atoms with Crippen molar-refractivity contribution in [2.75, 3.05) is 4.90 Å². The Bertz CT molecular complexity index is 1200. The number of benzene rings is 2. The summed E-state index contributed by atoms with van der Waals surface area (Å²) in [5.41, 5.74) is -1.14. The Morgan fingerprint density at radius 1 is 1.00 bits per heavy atom. The lowest BCUT2D eigenvalue weighted by molar-refractivity contribution is -0.137. The second-order valence-corrected chi connectivity index (χ2v) is 7.74. The van der Waals surface area contributed by atoms with Crippen LogP contribution in [0.2, 0.25) is 0 Å². The molecule has 0 saturated carbocycles. The summed E-state index contributed by atoms with van der Waals surface area (Å²) in [4.78, 5) is 27.2. The Hall–Kier alpha value is -3.59. The van der Waals surface area contributed by atoms with Gasteiger partial charge in [0.05, 0.1) is 22.1 Å². The third-order valence-electron chi connectivity index (χ3n) is 4.84. The normalized spacial score (nSPS) is 16.8. The Balaban J connectivity index is 1.90. The van der Waals surface area contributed by atoms with E-state index in [0.29, 0.717) is 0 Å². The molecule has 3 aromatic rings. The van der Waals surface area contributed by atoms with E-state index in [-0.39, 0.29) is 27.5 Å². The van der Waals surface area contributed by atoms with Crippen LogP contribution in [0.1, 0.15) is 26.8 Å². The number of anilines is 1. The number of phenols is 1. The fourth-order valence-corrected chi connectivity index (χ4v) is 4.16. The molecule has 5 nitrogen and oxygen atoms in total. The minimum absolute atomic E-state index is 0.145. The largest absolute Gasteiger partial charge is 0.508 e. The van der Waals surface area contributed by atoms with Crippen LogP contribution < -0.4 is 4.90 Å². The van der Waals surface area contributed by atoms with Gasteiger partial charge in [-0.3, -0.25) is 14.5 Å². The number of Topliss-reactive ketones (excluding diaryl/α,β-unsaturated/α-hetero) is 1. The number of carbonyl (C=O) groups excluding carboxylic acids is 2. The van der Waals surface area contributed by atoms with Gasteiger partial charge in [0.2, 0.25) is 5.78 Å². The van der Waals surface area contributed by atoms with Crippen LogP contribution in [0.25, 0.3) is 0 Å². The Morgan fingerprint density at radius 2 is 1.74 bits per heavy atom. The molecule has 2 aromatic carbocycles. The van der Waals surface area contributed by atoms with E-state index in [1.807, 2.05) is 0 Å². The molecule has 31 heavy (non-hydrogen) atoms. The Kier molecular flexibility index (Phi) is 5.06. The average Bonchev–Trinajstić information content (AvgIpc) is 3.35. The van der Waals surface area contributed by atoms with E-state index in [1.165, 1.54) is 36.4 Å². The van der Waals surface area contributed by atoms with E-state index in [4.69, 9.17) is 0 Å². The zero-order valence-electron chi connectivity index (χ0n) is 15.6. The summed E-state index contributed by atoms with van der Waals surface area (Å²) < 4.78 is 39.7. The van der Waals surface area contributed by atoms with Gasteiger partial charge >= 0.3 is 6.18 Å². The maximum absolute atomic E-state index is 13.2. The van der Waals surface area contributed by atoms with Gasteiger partial charge in [-0.1, -0.05) is 24.3 Å². The lowest BCUT2D eigenvalue weighted by Crippen LogP contribution is -2.31. The van der Waals surface area contributed by atoms with Crippen molar-refractivity contribution < 1.29 is 33.0 Å². The van der Waals surface area contributed by atoms with E-state index in [9.17, 15) is 33.0 Å². The van der Waals surface area contributed by atoms with E-state index in [0.717, 1.165) is 34.4 Å². The first-order chi connectivity index (χ1) is 14.7. The quantitative estimate of drug-likeness (QED) is 0.538. The van der Waals surface area contributed by atoms with Crippen molar-refractivity contribution >= 4 is 28.7 Å². The lowest BCUT2D eigenvalue weighted by atomic mass is 9.95. The van der Waals surface area contributed by atoms with Crippen LogP contribution in [0.5, 0.6) is 5.75 Å². The number of hydrogen-bond donors (Lipinski definition) is 2. The van der Waals surface area contributed by atoms with Crippen LogP contribution >= 0.6 is 11.3 Å². The number of hydrogen-bond acceptors (Lipinski definition) is 5. The predicted molar refractivity (Wildman–Crippen MR) is 108 cm³/mol. The van der Waals surface area contributed by atoms with Crippen molar-refractivity contribution in [2.24, 2.45) is 0 Å². The first-order valence-electron chi connectivity index (χ1n) is 8.99. The number of phenolic OH excluding ortho intramolecular Hbond substituents is 1. The van der Waals surface area contributed by atoms with Crippen LogP contribution in [0.4, 0.5) is 18.9 Å². The molecule has 2 N–H and O–H groups in total. The molecule has 4 rings (SSSR count). The summed E-state index contributed by atoms with van der Waals surface area (Å²) in [5, 5.41) is 22.1. The molecule has 0 fully saturated rings. The summed E-state index contributed by atoms with van der Waals surface area (Å²) >= 11 is 1.10. The van der Waals surface area contributed by atoms with Crippen LogP contribution in [0, 0.1) is 0 Å². The second kappa shape index (κ2) is 7.59. The molecule has 1 aliphatic heterocycles. The molecule has 1 atom stereocenters. The van der Waals surface area contributed by atoms with E-state index < -0.39 is 35.2 Å². The highest BCUT2D eigenvalue weighted by Gasteiger charge is 2.45. The number of alkyl halides is 3. The van der Waals surface area contributed by atoms with Gasteiger partial charge in [-0.25, -0.2) is 0 Å². The first kappa shape index (κ1) is 20.7. The van der Waals surface area contributed by atoms with E-state index in [2.05, 4.69) is 0 Å². The highest BCUT2D eigenvalue weighted by atomic mass is 32.1. The van der Waals surface area contributed by atoms with Gasteiger partial charge in [-0.2, -0.15) is 13.2 Å². The second-order valence-electron chi connectivity index (χ2n) is 6.79. The minimum atomic E-state index is -4.65. The number of rotatable bonds is 4. The maximum atomic E-state index is 13.2. The molecule has 1 amide bonds. The Labute approximate surface area is 178 Å². The van der Waals surface area contributed by atoms with Crippen molar-refractivity contribution in [3.05, 3.63) is 93.4 Å². The number of amides is 1. The number of aliphatic hydroxyl groups is 1. The number of halogens is 3. The van der Waals surface area contributed by atoms with Crippen molar-refractivity contribution in [1.29, 1.82) is 0 Å². The van der Waals surface area contributed by atoms with Gasteiger partial charge in [0.15, 0.2) is 5.76 Å².